The number of carbonyl (C=O) groups is 1. The average Bonchev–Trinajstić information content (AvgIpc) is 3.18. The highest BCUT2D eigenvalue weighted by molar-refractivity contribution is 5.59. The molecule has 5 atom stereocenters. The second-order valence-corrected chi connectivity index (χ2v) is 10.1. The Morgan fingerprint density at radius 1 is 1.18 bits per heavy atom. The topological polar surface area (TPSA) is 162 Å². The van der Waals surface area contributed by atoms with Crippen molar-refractivity contribution in [3.05, 3.63) is 40.8 Å². The molecule has 0 spiro atoms. The average molecular weight is 557 g/mol. The SMILES string of the molecule is COc1ccc(Cc2c(O[C@@]3(O)O[C@H](COC(=O)OCC(C)C)[C@@H](O)[C@H](O)[C@H]3O)nn(C(C)C)c2C)c(F)c1. The van der Waals surface area contributed by atoms with E-state index < -0.39 is 49.0 Å². The van der Waals surface area contributed by atoms with E-state index in [-0.39, 0.29) is 36.4 Å². The van der Waals surface area contributed by atoms with Crippen LogP contribution in [0.25, 0.3) is 0 Å². The van der Waals surface area contributed by atoms with Crippen molar-refractivity contribution < 1.29 is 53.3 Å². The lowest BCUT2D eigenvalue weighted by atomic mass is 9.97. The lowest BCUT2D eigenvalue weighted by Gasteiger charge is -2.44. The third kappa shape index (κ3) is 6.97. The van der Waals surface area contributed by atoms with Gasteiger partial charge >= 0.3 is 12.1 Å². The van der Waals surface area contributed by atoms with E-state index in [2.05, 4.69) is 5.10 Å². The molecule has 0 radical (unpaired) electrons. The number of methoxy groups -OCH3 is 1. The Kier molecular flexibility index (Phi) is 9.78. The molecule has 0 unspecified atom stereocenters. The van der Waals surface area contributed by atoms with E-state index in [1.807, 2.05) is 27.7 Å². The quantitative estimate of drug-likeness (QED) is 0.249. The molecule has 12 nitrogen and oxygen atoms in total. The van der Waals surface area contributed by atoms with E-state index in [1.165, 1.54) is 19.2 Å². The molecule has 0 bridgehead atoms. The molecule has 4 N–H and O–H groups in total. The van der Waals surface area contributed by atoms with E-state index in [9.17, 15) is 29.6 Å². The largest absolute Gasteiger partial charge is 0.508 e. The summed E-state index contributed by atoms with van der Waals surface area (Å²) in [5, 5.41) is 46.9. The van der Waals surface area contributed by atoms with Gasteiger partial charge in [0.15, 0.2) is 6.10 Å². The molecule has 1 fully saturated rings. The lowest BCUT2D eigenvalue weighted by molar-refractivity contribution is -0.423. The van der Waals surface area contributed by atoms with Gasteiger partial charge in [0.2, 0.25) is 5.88 Å². The van der Waals surface area contributed by atoms with Crippen molar-refractivity contribution in [1.29, 1.82) is 0 Å². The van der Waals surface area contributed by atoms with Crippen molar-refractivity contribution in [2.45, 2.75) is 77.5 Å². The van der Waals surface area contributed by atoms with Gasteiger partial charge in [-0.15, -0.1) is 5.10 Å². The molecular formula is C26H37FN2O10. The fraction of sp³-hybridized carbons (Fsp3) is 0.615. The normalized spacial score (nSPS) is 25.2. The van der Waals surface area contributed by atoms with E-state index in [0.717, 1.165) is 0 Å². The maximum Gasteiger partial charge on any atom is 0.508 e. The molecule has 218 valence electrons. The first-order valence-electron chi connectivity index (χ1n) is 12.6. The third-order valence-corrected chi connectivity index (χ3v) is 6.24. The first-order valence-corrected chi connectivity index (χ1v) is 12.6. The Labute approximate surface area is 225 Å². The summed E-state index contributed by atoms with van der Waals surface area (Å²) in [6, 6.07) is 4.21. The van der Waals surface area contributed by atoms with Crippen molar-refractivity contribution in [1.82, 2.24) is 9.78 Å². The number of benzene rings is 1. The van der Waals surface area contributed by atoms with Crippen LogP contribution in [0.5, 0.6) is 11.6 Å². The summed E-state index contributed by atoms with van der Waals surface area (Å²) in [4.78, 5) is 11.8. The molecule has 3 rings (SSSR count). The number of nitrogens with zero attached hydrogens (tertiary/aromatic N) is 2. The minimum Gasteiger partial charge on any atom is -0.497 e. The van der Waals surface area contributed by atoms with Crippen LogP contribution in [0.2, 0.25) is 0 Å². The second kappa shape index (κ2) is 12.5. The molecule has 1 aromatic carbocycles. The third-order valence-electron chi connectivity index (χ3n) is 6.24. The van der Waals surface area contributed by atoms with Crippen LogP contribution in [-0.2, 0) is 20.6 Å². The number of hydrogen-bond acceptors (Lipinski definition) is 11. The van der Waals surface area contributed by atoms with Crippen LogP contribution in [-0.4, -0.2) is 87.1 Å². The van der Waals surface area contributed by atoms with Crippen LogP contribution in [0.15, 0.2) is 18.2 Å². The van der Waals surface area contributed by atoms with Crippen LogP contribution in [0, 0.1) is 18.7 Å². The summed E-state index contributed by atoms with van der Waals surface area (Å²) in [7, 11) is 1.42. The second-order valence-electron chi connectivity index (χ2n) is 10.1. The Hall–Kier alpha value is -2.97. The van der Waals surface area contributed by atoms with Crippen molar-refractivity contribution >= 4 is 6.16 Å². The molecule has 0 amide bonds. The molecule has 39 heavy (non-hydrogen) atoms. The molecule has 2 aromatic rings. The zero-order valence-electron chi connectivity index (χ0n) is 22.8. The van der Waals surface area contributed by atoms with Crippen LogP contribution in [0.4, 0.5) is 9.18 Å². The number of hydrogen-bond donors (Lipinski definition) is 4. The van der Waals surface area contributed by atoms with Gasteiger partial charge in [0, 0.05) is 29.8 Å². The summed E-state index contributed by atoms with van der Waals surface area (Å²) in [6.07, 6.45) is -8.39. The Morgan fingerprint density at radius 2 is 1.87 bits per heavy atom. The highest BCUT2D eigenvalue weighted by atomic mass is 19.1. The van der Waals surface area contributed by atoms with Crippen LogP contribution in [0.1, 0.15) is 50.6 Å². The van der Waals surface area contributed by atoms with Crippen LogP contribution in [0.3, 0.4) is 0 Å². The Balaban J connectivity index is 1.88. The molecule has 2 heterocycles. The van der Waals surface area contributed by atoms with Gasteiger partial charge in [-0.3, -0.25) is 4.68 Å². The fourth-order valence-electron chi connectivity index (χ4n) is 4.06. The summed E-state index contributed by atoms with van der Waals surface area (Å²) in [6.45, 7) is 8.57. The molecule has 13 heteroatoms. The summed E-state index contributed by atoms with van der Waals surface area (Å²) in [5.41, 5.74) is 1.26. The van der Waals surface area contributed by atoms with E-state index in [1.54, 1.807) is 17.7 Å². The number of carbonyl (C=O) groups excluding carboxylic acids is 1. The fourth-order valence-corrected chi connectivity index (χ4v) is 4.06. The standard InChI is InChI=1S/C26H37FN2O10/c1-13(2)11-36-25(33)37-12-20-21(30)22(31)23(32)26(34,38-20)39-24-18(15(5)29(28-24)14(3)4)9-16-7-8-17(35-6)10-19(16)27/h7-8,10,13-14,20-23,30-32,34H,9,11-12H2,1-6H3/t20-,21-,22+,23-,26+/m1/s1. The monoisotopic (exact) mass is 556 g/mol. The van der Waals surface area contributed by atoms with Gasteiger partial charge in [-0.2, -0.15) is 0 Å². The zero-order valence-corrected chi connectivity index (χ0v) is 22.8. The summed E-state index contributed by atoms with van der Waals surface area (Å²) >= 11 is 0. The summed E-state index contributed by atoms with van der Waals surface area (Å²) in [5.74, 6) is -3.25. The molecule has 1 aromatic heterocycles. The van der Waals surface area contributed by atoms with Crippen LogP contribution < -0.4 is 9.47 Å². The van der Waals surface area contributed by atoms with Gasteiger partial charge in [-0.25, -0.2) is 9.18 Å². The number of ether oxygens (including phenoxy) is 5. The molecule has 1 saturated heterocycles. The minimum atomic E-state index is -2.91. The molecule has 0 saturated carbocycles. The first kappa shape index (κ1) is 30.6. The lowest BCUT2D eigenvalue weighted by Crippen LogP contribution is -2.67. The molecule has 1 aliphatic heterocycles. The van der Waals surface area contributed by atoms with E-state index >= 15 is 0 Å². The van der Waals surface area contributed by atoms with Gasteiger partial charge in [0.05, 0.1) is 13.7 Å². The maximum atomic E-state index is 14.8. The Bertz CT molecular complexity index is 1140. The minimum absolute atomic E-state index is 0.00466. The number of aromatic nitrogens is 2. The predicted octanol–water partition coefficient (Wildman–Crippen LogP) is 1.83. The van der Waals surface area contributed by atoms with Gasteiger partial charge in [-0.1, -0.05) is 19.9 Å². The van der Waals surface area contributed by atoms with Gasteiger partial charge in [-0.05, 0) is 38.3 Å². The number of aliphatic hydroxyl groups is 4. The van der Waals surface area contributed by atoms with Gasteiger partial charge in [0.25, 0.3) is 0 Å². The highest BCUT2D eigenvalue weighted by Gasteiger charge is 2.56. The van der Waals surface area contributed by atoms with Crippen molar-refractivity contribution in [3.63, 3.8) is 0 Å². The Morgan fingerprint density at radius 3 is 2.46 bits per heavy atom. The summed E-state index contributed by atoms with van der Waals surface area (Å²) < 4.78 is 42.3. The highest BCUT2D eigenvalue weighted by Crippen LogP contribution is 2.35. The smallest absolute Gasteiger partial charge is 0.497 e. The number of rotatable bonds is 10. The van der Waals surface area contributed by atoms with Crippen molar-refractivity contribution in [3.8, 4) is 11.6 Å². The zero-order chi connectivity index (χ0) is 29.1. The van der Waals surface area contributed by atoms with Gasteiger partial charge < -0.3 is 44.1 Å². The molecule has 0 aliphatic carbocycles. The van der Waals surface area contributed by atoms with Crippen molar-refractivity contribution in [2.24, 2.45) is 5.92 Å². The van der Waals surface area contributed by atoms with E-state index in [0.29, 0.717) is 17.0 Å². The predicted molar refractivity (Wildman–Crippen MR) is 134 cm³/mol. The first-order chi connectivity index (χ1) is 18.3. The number of halogens is 1. The number of aliphatic hydroxyl groups excluding tert-OH is 3. The van der Waals surface area contributed by atoms with Crippen molar-refractivity contribution in [2.75, 3.05) is 20.3 Å². The van der Waals surface area contributed by atoms with E-state index in [4.69, 9.17) is 23.7 Å². The van der Waals surface area contributed by atoms with Crippen LogP contribution >= 0.6 is 0 Å². The molecular weight excluding hydrogens is 519 g/mol. The molecule has 1 aliphatic rings. The van der Waals surface area contributed by atoms with Gasteiger partial charge in [0.1, 0.15) is 36.5 Å². The maximum absolute atomic E-state index is 14.8.